The van der Waals surface area contributed by atoms with Gasteiger partial charge in [-0.15, -0.1) is 0 Å². The van der Waals surface area contributed by atoms with Gasteiger partial charge in [0.25, 0.3) is 0 Å². The molecule has 0 fully saturated rings. The lowest BCUT2D eigenvalue weighted by Crippen LogP contribution is -2.32. The summed E-state index contributed by atoms with van der Waals surface area (Å²) in [5.41, 5.74) is 3.61. The molecule has 31 heavy (non-hydrogen) atoms. The first kappa shape index (κ1) is 21.2. The number of fused-ring (bicyclic) bond motifs is 1. The fourth-order valence-corrected chi connectivity index (χ4v) is 4.70. The summed E-state index contributed by atoms with van der Waals surface area (Å²) in [6.45, 7) is 8.60. The van der Waals surface area contributed by atoms with Gasteiger partial charge in [0.2, 0.25) is 21.7 Å². The Morgan fingerprint density at radius 2 is 1.87 bits per heavy atom. The summed E-state index contributed by atoms with van der Waals surface area (Å²) in [5, 5.41) is 4.08. The number of hydrogen-bond acceptors (Lipinski definition) is 6. The fourth-order valence-electron chi connectivity index (χ4n) is 3.36. The van der Waals surface area contributed by atoms with Gasteiger partial charge in [0.1, 0.15) is 6.04 Å². The number of nitrogens with one attached hydrogen (secondary N) is 1. The van der Waals surface area contributed by atoms with Crippen LogP contribution in [-0.2, 0) is 16.6 Å². The summed E-state index contributed by atoms with van der Waals surface area (Å²) in [5.74, 6) is 0.513. The van der Waals surface area contributed by atoms with Crippen LogP contribution >= 0.6 is 0 Å². The predicted octanol–water partition coefficient (Wildman–Crippen LogP) is 4.09. The third-order valence-corrected chi connectivity index (χ3v) is 6.66. The van der Waals surface area contributed by atoms with E-state index in [2.05, 4.69) is 31.3 Å². The van der Waals surface area contributed by atoms with Crippen molar-refractivity contribution in [2.45, 2.75) is 45.2 Å². The molecule has 4 aromatic rings. The zero-order valence-corrected chi connectivity index (χ0v) is 18.7. The van der Waals surface area contributed by atoms with Gasteiger partial charge < -0.3 is 9.09 Å². The quantitative estimate of drug-likeness (QED) is 0.465. The SMILES string of the molecule is CCn1cnc2cc(-c3noc([C@H](NS(=O)(=O)c4ccc(C)cc4)C(C)C)n3)ccc21. The Bertz CT molecular complexity index is 1310. The van der Waals surface area contributed by atoms with Crippen molar-refractivity contribution >= 4 is 21.1 Å². The van der Waals surface area contributed by atoms with Gasteiger partial charge in [-0.2, -0.15) is 9.71 Å². The van der Waals surface area contributed by atoms with E-state index in [9.17, 15) is 8.42 Å². The zero-order chi connectivity index (χ0) is 22.2. The van der Waals surface area contributed by atoms with Gasteiger partial charge in [-0.1, -0.05) is 36.7 Å². The number of rotatable bonds is 7. The van der Waals surface area contributed by atoms with Crippen LogP contribution in [0, 0.1) is 12.8 Å². The highest BCUT2D eigenvalue weighted by molar-refractivity contribution is 7.89. The largest absolute Gasteiger partial charge is 0.337 e. The van der Waals surface area contributed by atoms with Crippen molar-refractivity contribution in [3.8, 4) is 11.4 Å². The van der Waals surface area contributed by atoms with E-state index in [0.717, 1.165) is 28.7 Å². The summed E-state index contributed by atoms with van der Waals surface area (Å²) in [7, 11) is -3.74. The van der Waals surface area contributed by atoms with E-state index in [-0.39, 0.29) is 16.7 Å². The Hall–Kier alpha value is -3.04. The molecule has 1 N–H and O–H groups in total. The number of hydrogen-bond donors (Lipinski definition) is 1. The van der Waals surface area contributed by atoms with E-state index in [1.54, 1.807) is 30.6 Å². The Balaban J connectivity index is 1.63. The standard InChI is InChI=1S/C22H25N5O3S/c1-5-27-13-23-18-12-16(8-11-19(18)27)21-24-22(30-25-21)20(14(2)3)26-31(28,29)17-9-6-15(4)7-10-17/h6-14,20,26H,5H2,1-4H3/t20-/m1/s1. The summed E-state index contributed by atoms with van der Waals surface area (Å²) >= 11 is 0. The summed E-state index contributed by atoms with van der Waals surface area (Å²) in [6, 6.07) is 11.8. The van der Waals surface area contributed by atoms with Crippen LogP contribution in [0.5, 0.6) is 0 Å². The minimum absolute atomic E-state index is 0.101. The zero-order valence-electron chi connectivity index (χ0n) is 17.9. The Morgan fingerprint density at radius 1 is 1.13 bits per heavy atom. The van der Waals surface area contributed by atoms with Gasteiger partial charge in [-0.3, -0.25) is 0 Å². The summed E-state index contributed by atoms with van der Waals surface area (Å²) < 4.78 is 36.0. The molecular formula is C22H25N5O3S. The number of aromatic nitrogens is 4. The summed E-state index contributed by atoms with van der Waals surface area (Å²) in [4.78, 5) is 9.10. The van der Waals surface area contributed by atoms with E-state index in [1.807, 2.05) is 39.0 Å². The van der Waals surface area contributed by atoms with E-state index in [1.165, 1.54) is 0 Å². The fraction of sp³-hybridized carbons (Fsp3) is 0.318. The Morgan fingerprint density at radius 3 is 2.55 bits per heavy atom. The molecule has 2 heterocycles. The number of benzene rings is 2. The van der Waals surface area contributed by atoms with Gasteiger partial charge in [0.15, 0.2) is 0 Å². The van der Waals surface area contributed by atoms with Crippen LogP contribution in [-0.4, -0.2) is 28.1 Å². The monoisotopic (exact) mass is 439 g/mol. The third-order valence-electron chi connectivity index (χ3n) is 5.21. The molecule has 0 aliphatic carbocycles. The van der Waals surface area contributed by atoms with Gasteiger partial charge in [0.05, 0.1) is 22.3 Å². The first-order valence-corrected chi connectivity index (χ1v) is 11.6. The second-order valence-electron chi connectivity index (χ2n) is 7.85. The minimum Gasteiger partial charge on any atom is -0.337 e. The molecule has 0 aliphatic rings. The van der Waals surface area contributed by atoms with Crippen LogP contribution in [0.15, 0.2) is 58.2 Å². The predicted molar refractivity (Wildman–Crippen MR) is 118 cm³/mol. The minimum atomic E-state index is -3.74. The highest BCUT2D eigenvalue weighted by Crippen LogP contribution is 2.27. The van der Waals surface area contributed by atoms with E-state index in [0.29, 0.717) is 5.82 Å². The van der Waals surface area contributed by atoms with Gasteiger partial charge >= 0.3 is 0 Å². The van der Waals surface area contributed by atoms with Gasteiger partial charge in [-0.05, 0) is 50.1 Å². The van der Waals surface area contributed by atoms with Crippen molar-refractivity contribution in [1.29, 1.82) is 0 Å². The molecule has 0 amide bonds. The molecule has 0 spiro atoms. The Labute approximate surface area is 181 Å². The van der Waals surface area contributed by atoms with Gasteiger partial charge in [0, 0.05) is 12.1 Å². The first-order valence-electron chi connectivity index (χ1n) is 10.2. The lowest BCUT2D eigenvalue weighted by atomic mass is 10.1. The van der Waals surface area contributed by atoms with Crippen molar-refractivity contribution < 1.29 is 12.9 Å². The van der Waals surface area contributed by atoms with Crippen molar-refractivity contribution in [2.75, 3.05) is 0 Å². The van der Waals surface area contributed by atoms with E-state index < -0.39 is 16.1 Å². The van der Waals surface area contributed by atoms with Crippen LogP contribution < -0.4 is 4.72 Å². The molecule has 9 heteroatoms. The number of imidazole rings is 1. The van der Waals surface area contributed by atoms with Crippen molar-refractivity contribution in [1.82, 2.24) is 24.4 Å². The van der Waals surface area contributed by atoms with Crippen LogP contribution in [0.3, 0.4) is 0 Å². The molecule has 0 saturated heterocycles. The van der Waals surface area contributed by atoms with Gasteiger partial charge in [-0.25, -0.2) is 13.4 Å². The molecule has 162 valence electrons. The molecular weight excluding hydrogens is 414 g/mol. The lowest BCUT2D eigenvalue weighted by molar-refractivity contribution is 0.311. The summed E-state index contributed by atoms with van der Waals surface area (Å²) in [6.07, 6.45) is 1.80. The molecule has 0 bridgehead atoms. The number of nitrogens with zero attached hydrogens (tertiary/aromatic N) is 4. The number of aryl methyl sites for hydroxylation is 2. The smallest absolute Gasteiger partial charge is 0.245 e. The average molecular weight is 440 g/mol. The highest BCUT2D eigenvalue weighted by atomic mass is 32.2. The normalized spacial score (nSPS) is 13.2. The molecule has 0 aliphatic heterocycles. The third kappa shape index (κ3) is 4.24. The molecule has 8 nitrogen and oxygen atoms in total. The lowest BCUT2D eigenvalue weighted by Gasteiger charge is -2.18. The maximum absolute atomic E-state index is 12.9. The molecule has 4 rings (SSSR count). The molecule has 0 saturated carbocycles. The van der Waals surface area contributed by atoms with Crippen LogP contribution in [0.2, 0.25) is 0 Å². The Kier molecular flexibility index (Phi) is 5.63. The van der Waals surface area contributed by atoms with Crippen LogP contribution in [0.25, 0.3) is 22.4 Å². The maximum Gasteiger partial charge on any atom is 0.245 e. The van der Waals surface area contributed by atoms with Crippen molar-refractivity contribution in [3.05, 3.63) is 60.2 Å². The van der Waals surface area contributed by atoms with Crippen molar-refractivity contribution in [3.63, 3.8) is 0 Å². The van der Waals surface area contributed by atoms with Crippen LogP contribution in [0.1, 0.15) is 38.3 Å². The molecule has 2 aromatic heterocycles. The molecule has 0 radical (unpaired) electrons. The van der Waals surface area contributed by atoms with Crippen molar-refractivity contribution in [2.24, 2.45) is 5.92 Å². The van der Waals surface area contributed by atoms with E-state index >= 15 is 0 Å². The second-order valence-corrected chi connectivity index (χ2v) is 9.56. The molecule has 2 aromatic carbocycles. The average Bonchev–Trinajstić information content (AvgIpc) is 3.38. The maximum atomic E-state index is 12.9. The molecule has 1 atom stereocenters. The van der Waals surface area contributed by atoms with E-state index in [4.69, 9.17) is 4.52 Å². The van der Waals surface area contributed by atoms with Crippen LogP contribution in [0.4, 0.5) is 0 Å². The first-order chi connectivity index (χ1) is 14.8. The topological polar surface area (TPSA) is 103 Å². The molecule has 0 unspecified atom stereocenters. The number of sulfonamides is 1. The highest BCUT2D eigenvalue weighted by Gasteiger charge is 2.29. The second kappa shape index (κ2) is 8.24.